The highest BCUT2D eigenvalue weighted by Crippen LogP contribution is 2.29. The Bertz CT molecular complexity index is 196. The van der Waals surface area contributed by atoms with Crippen molar-refractivity contribution in [2.24, 2.45) is 11.1 Å². The summed E-state index contributed by atoms with van der Waals surface area (Å²) in [6.07, 6.45) is 3.83. The van der Waals surface area contributed by atoms with Gasteiger partial charge in [0.05, 0.1) is 6.61 Å². The van der Waals surface area contributed by atoms with Crippen LogP contribution in [0.2, 0.25) is 0 Å². The summed E-state index contributed by atoms with van der Waals surface area (Å²) in [4.78, 5) is 2.28. The van der Waals surface area contributed by atoms with Gasteiger partial charge in [0.15, 0.2) is 0 Å². The molecule has 0 aliphatic heterocycles. The van der Waals surface area contributed by atoms with Crippen LogP contribution in [0.4, 0.5) is 0 Å². The molecule has 2 atom stereocenters. The Morgan fingerprint density at radius 2 is 1.93 bits per heavy atom. The molecule has 2 unspecified atom stereocenters. The van der Waals surface area contributed by atoms with Crippen molar-refractivity contribution in [1.29, 1.82) is 0 Å². The molecule has 1 fully saturated rings. The molecule has 1 saturated carbocycles. The van der Waals surface area contributed by atoms with Crippen molar-refractivity contribution in [2.75, 3.05) is 13.7 Å². The Kier molecular flexibility index (Phi) is 4.15. The maximum atomic E-state index is 9.48. The van der Waals surface area contributed by atoms with Crippen LogP contribution < -0.4 is 5.73 Å². The molecule has 0 aromatic heterocycles. The molecule has 0 aromatic carbocycles. The number of rotatable bonds is 4. The van der Waals surface area contributed by atoms with Gasteiger partial charge in [-0.05, 0) is 25.3 Å². The molecule has 3 N–H and O–H groups in total. The van der Waals surface area contributed by atoms with Gasteiger partial charge in [-0.25, -0.2) is 0 Å². The van der Waals surface area contributed by atoms with Crippen LogP contribution in [0.15, 0.2) is 0 Å². The van der Waals surface area contributed by atoms with Crippen molar-refractivity contribution in [2.45, 2.75) is 58.2 Å². The van der Waals surface area contributed by atoms with Crippen molar-refractivity contribution in [1.82, 2.24) is 4.90 Å². The van der Waals surface area contributed by atoms with Crippen LogP contribution in [-0.2, 0) is 0 Å². The van der Waals surface area contributed by atoms with Crippen LogP contribution in [0.25, 0.3) is 0 Å². The SMILES string of the molecule is CN(C1CCC1)C(CO)C(N)C(C)(C)C. The zero-order chi connectivity index (χ0) is 11.6. The highest BCUT2D eigenvalue weighted by molar-refractivity contribution is 4.92. The van der Waals surface area contributed by atoms with Gasteiger partial charge in [-0.2, -0.15) is 0 Å². The second-order valence-electron chi connectivity index (χ2n) is 5.89. The molecule has 15 heavy (non-hydrogen) atoms. The molecule has 90 valence electrons. The lowest BCUT2D eigenvalue weighted by molar-refractivity contribution is 0.0340. The summed E-state index contributed by atoms with van der Waals surface area (Å²) in [6.45, 7) is 6.56. The summed E-state index contributed by atoms with van der Waals surface area (Å²) < 4.78 is 0. The zero-order valence-electron chi connectivity index (χ0n) is 10.5. The number of aliphatic hydroxyl groups is 1. The standard InChI is InChI=1S/C12H26N2O/c1-12(2,3)11(13)10(8-15)14(4)9-6-5-7-9/h9-11,15H,5-8,13H2,1-4H3. The molecule has 0 spiro atoms. The van der Waals surface area contributed by atoms with E-state index in [0.717, 1.165) is 0 Å². The zero-order valence-corrected chi connectivity index (χ0v) is 10.5. The molecule has 1 rings (SSSR count). The molecule has 0 aromatic rings. The van der Waals surface area contributed by atoms with Gasteiger partial charge in [0, 0.05) is 18.1 Å². The topological polar surface area (TPSA) is 49.5 Å². The molecular formula is C12H26N2O. The highest BCUT2D eigenvalue weighted by Gasteiger charge is 2.35. The van der Waals surface area contributed by atoms with Crippen molar-refractivity contribution < 1.29 is 5.11 Å². The van der Waals surface area contributed by atoms with Crippen molar-refractivity contribution in [3.8, 4) is 0 Å². The van der Waals surface area contributed by atoms with Crippen molar-refractivity contribution >= 4 is 0 Å². The average molecular weight is 214 g/mol. The van der Waals surface area contributed by atoms with Gasteiger partial charge in [0.1, 0.15) is 0 Å². The molecule has 1 aliphatic carbocycles. The Hall–Kier alpha value is -0.120. The lowest BCUT2D eigenvalue weighted by atomic mass is 9.81. The first kappa shape index (κ1) is 12.9. The summed E-state index contributed by atoms with van der Waals surface area (Å²) in [6, 6.07) is 0.749. The second kappa shape index (κ2) is 4.81. The summed E-state index contributed by atoms with van der Waals surface area (Å²) in [5.41, 5.74) is 6.27. The van der Waals surface area contributed by atoms with E-state index in [-0.39, 0.29) is 24.1 Å². The fourth-order valence-corrected chi connectivity index (χ4v) is 2.14. The molecule has 3 heteroatoms. The van der Waals surface area contributed by atoms with E-state index in [4.69, 9.17) is 5.73 Å². The summed E-state index contributed by atoms with van der Waals surface area (Å²) in [7, 11) is 2.09. The van der Waals surface area contributed by atoms with E-state index in [1.165, 1.54) is 19.3 Å². The van der Waals surface area contributed by atoms with E-state index >= 15 is 0 Å². The Morgan fingerprint density at radius 1 is 1.40 bits per heavy atom. The quantitative estimate of drug-likeness (QED) is 0.739. The van der Waals surface area contributed by atoms with Crippen LogP contribution in [0.1, 0.15) is 40.0 Å². The summed E-state index contributed by atoms with van der Waals surface area (Å²) in [5.74, 6) is 0. The van der Waals surface area contributed by atoms with E-state index in [2.05, 4.69) is 32.7 Å². The fraction of sp³-hybridized carbons (Fsp3) is 1.00. The largest absolute Gasteiger partial charge is 0.395 e. The molecule has 0 radical (unpaired) electrons. The lowest BCUT2D eigenvalue weighted by Gasteiger charge is -2.44. The van der Waals surface area contributed by atoms with E-state index < -0.39 is 0 Å². The monoisotopic (exact) mass is 214 g/mol. The van der Waals surface area contributed by atoms with Gasteiger partial charge in [-0.3, -0.25) is 4.90 Å². The Labute approximate surface area is 93.6 Å². The maximum absolute atomic E-state index is 9.48. The summed E-state index contributed by atoms with van der Waals surface area (Å²) in [5, 5.41) is 9.48. The minimum Gasteiger partial charge on any atom is -0.395 e. The van der Waals surface area contributed by atoms with Gasteiger partial charge in [-0.1, -0.05) is 27.2 Å². The van der Waals surface area contributed by atoms with Crippen molar-refractivity contribution in [3.63, 3.8) is 0 Å². The first-order valence-corrected chi connectivity index (χ1v) is 5.96. The van der Waals surface area contributed by atoms with E-state index in [0.29, 0.717) is 6.04 Å². The van der Waals surface area contributed by atoms with E-state index in [9.17, 15) is 5.11 Å². The van der Waals surface area contributed by atoms with E-state index in [1.807, 2.05) is 0 Å². The fourth-order valence-electron chi connectivity index (χ4n) is 2.14. The van der Waals surface area contributed by atoms with E-state index in [1.54, 1.807) is 0 Å². The van der Waals surface area contributed by atoms with Gasteiger partial charge < -0.3 is 10.8 Å². The van der Waals surface area contributed by atoms with Crippen LogP contribution in [0, 0.1) is 5.41 Å². The van der Waals surface area contributed by atoms with Crippen LogP contribution in [-0.4, -0.2) is 41.8 Å². The highest BCUT2D eigenvalue weighted by atomic mass is 16.3. The summed E-state index contributed by atoms with van der Waals surface area (Å²) >= 11 is 0. The number of nitrogens with zero attached hydrogens (tertiary/aromatic N) is 1. The van der Waals surface area contributed by atoms with Crippen LogP contribution in [0.5, 0.6) is 0 Å². The van der Waals surface area contributed by atoms with Gasteiger partial charge in [0.25, 0.3) is 0 Å². The predicted octanol–water partition coefficient (Wildman–Crippen LogP) is 1.21. The number of aliphatic hydroxyl groups excluding tert-OH is 1. The molecule has 0 heterocycles. The lowest BCUT2D eigenvalue weighted by Crippen LogP contribution is -2.58. The van der Waals surface area contributed by atoms with Crippen LogP contribution in [0.3, 0.4) is 0 Å². The molecule has 0 saturated heterocycles. The Balaban J connectivity index is 2.60. The van der Waals surface area contributed by atoms with Gasteiger partial charge in [-0.15, -0.1) is 0 Å². The number of hydrogen-bond acceptors (Lipinski definition) is 3. The molecule has 3 nitrogen and oxygen atoms in total. The third-order valence-electron chi connectivity index (χ3n) is 3.78. The molecular weight excluding hydrogens is 188 g/mol. The molecule has 0 amide bonds. The van der Waals surface area contributed by atoms with Gasteiger partial charge in [0.2, 0.25) is 0 Å². The minimum absolute atomic E-state index is 0.0214. The molecule has 1 aliphatic rings. The normalized spacial score (nSPS) is 22.6. The number of hydrogen-bond donors (Lipinski definition) is 2. The number of nitrogens with two attached hydrogens (primary N) is 1. The van der Waals surface area contributed by atoms with Crippen molar-refractivity contribution in [3.05, 3.63) is 0 Å². The smallest absolute Gasteiger partial charge is 0.0602 e. The van der Waals surface area contributed by atoms with Gasteiger partial charge >= 0.3 is 0 Å². The van der Waals surface area contributed by atoms with Crippen LogP contribution >= 0.6 is 0 Å². The second-order valence-corrected chi connectivity index (χ2v) is 5.89. The predicted molar refractivity (Wildman–Crippen MR) is 63.7 cm³/mol. The first-order valence-electron chi connectivity index (χ1n) is 5.96. The first-order chi connectivity index (χ1) is 6.88. The number of likely N-dealkylation sites (N-methyl/N-ethyl adjacent to an activating group) is 1. The minimum atomic E-state index is 0.0214. The maximum Gasteiger partial charge on any atom is 0.0602 e. The Morgan fingerprint density at radius 3 is 2.20 bits per heavy atom. The third-order valence-corrected chi connectivity index (χ3v) is 3.78. The third kappa shape index (κ3) is 2.92. The molecule has 0 bridgehead atoms. The average Bonchev–Trinajstić information content (AvgIpc) is 2.00.